The third-order valence-electron chi connectivity index (χ3n) is 4.93. The Bertz CT molecular complexity index is 840. The minimum Gasteiger partial charge on any atom is -0.486 e. The molecule has 27 heavy (non-hydrogen) atoms. The summed E-state index contributed by atoms with van der Waals surface area (Å²) in [6.07, 6.45) is 3.58. The van der Waals surface area contributed by atoms with Crippen molar-refractivity contribution in [3.8, 4) is 11.5 Å². The Labute approximate surface area is 163 Å². The van der Waals surface area contributed by atoms with E-state index in [0.29, 0.717) is 19.6 Å². The van der Waals surface area contributed by atoms with Gasteiger partial charge in [0.05, 0.1) is 6.04 Å². The van der Waals surface area contributed by atoms with Gasteiger partial charge in [-0.1, -0.05) is 6.07 Å². The number of aryl methyl sites for hydroxylation is 1. The van der Waals surface area contributed by atoms with Gasteiger partial charge in [-0.25, -0.2) is 0 Å². The molecule has 5 nitrogen and oxygen atoms in total. The van der Waals surface area contributed by atoms with Crippen molar-refractivity contribution < 1.29 is 14.3 Å². The maximum atomic E-state index is 12.4. The fourth-order valence-corrected chi connectivity index (χ4v) is 4.50. The predicted octanol–water partition coefficient (Wildman–Crippen LogP) is 3.72. The molecule has 0 saturated heterocycles. The lowest BCUT2D eigenvalue weighted by Crippen LogP contribution is -2.31. The summed E-state index contributed by atoms with van der Waals surface area (Å²) in [7, 11) is 0. The van der Waals surface area contributed by atoms with Crippen molar-refractivity contribution in [1.29, 1.82) is 0 Å². The molecular weight excluding hydrogens is 360 g/mol. The van der Waals surface area contributed by atoms with Gasteiger partial charge < -0.3 is 20.5 Å². The number of rotatable bonds is 5. The summed E-state index contributed by atoms with van der Waals surface area (Å²) in [6, 6.07) is 12.0. The number of hydrogen-bond acceptors (Lipinski definition) is 5. The Balaban J connectivity index is 1.29. The first-order valence-corrected chi connectivity index (χ1v) is 10.4. The van der Waals surface area contributed by atoms with Crippen molar-refractivity contribution in [2.75, 3.05) is 24.7 Å². The van der Waals surface area contributed by atoms with Gasteiger partial charge in [0.1, 0.15) is 13.2 Å². The third kappa shape index (κ3) is 4.33. The van der Waals surface area contributed by atoms with Gasteiger partial charge in [-0.2, -0.15) is 0 Å². The van der Waals surface area contributed by atoms with Gasteiger partial charge in [-0.05, 0) is 60.7 Å². The van der Waals surface area contributed by atoms with E-state index in [1.807, 2.05) is 30.3 Å². The first kappa shape index (κ1) is 18.0. The van der Waals surface area contributed by atoms with Gasteiger partial charge in [0.2, 0.25) is 5.91 Å². The van der Waals surface area contributed by atoms with Gasteiger partial charge in [-0.3, -0.25) is 4.79 Å². The second-order valence-electron chi connectivity index (χ2n) is 6.87. The largest absolute Gasteiger partial charge is 0.486 e. The molecule has 2 aromatic carbocycles. The molecule has 0 spiro atoms. The molecule has 1 aliphatic carbocycles. The predicted molar refractivity (Wildman–Crippen MR) is 107 cm³/mol. The number of nitrogens with one attached hydrogen (secondary N) is 1. The molecule has 1 amide bonds. The van der Waals surface area contributed by atoms with Crippen LogP contribution in [-0.4, -0.2) is 24.9 Å². The summed E-state index contributed by atoms with van der Waals surface area (Å²) >= 11 is 1.66. The van der Waals surface area contributed by atoms with E-state index in [1.165, 1.54) is 11.1 Å². The highest BCUT2D eigenvalue weighted by atomic mass is 32.2. The van der Waals surface area contributed by atoms with Crippen LogP contribution in [0.2, 0.25) is 0 Å². The van der Waals surface area contributed by atoms with E-state index >= 15 is 0 Å². The number of fused-ring (bicyclic) bond motifs is 2. The second-order valence-corrected chi connectivity index (χ2v) is 8.04. The number of amides is 1. The van der Waals surface area contributed by atoms with Crippen LogP contribution >= 0.6 is 11.8 Å². The second kappa shape index (κ2) is 8.13. The third-order valence-corrected chi connectivity index (χ3v) is 5.92. The van der Waals surface area contributed by atoms with Gasteiger partial charge in [-0.15, -0.1) is 11.8 Å². The number of carbonyl (C=O) groups excluding carboxylic acids is 1. The summed E-state index contributed by atoms with van der Waals surface area (Å²) in [5.41, 5.74) is 9.15. The first-order chi connectivity index (χ1) is 13.2. The van der Waals surface area contributed by atoms with E-state index in [4.69, 9.17) is 15.2 Å². The van der Waals surface area contributed by atoms with Crippen LogP contribution in [0.3, 0.4) is 0 Å². The molecule has 3 N–H and O–H groups in total. The van der Waals surface area contributed by atoms with Crippen molar-refractivity contribution in [3.63, 3.8) is 0 Å². The number of hydrogen-bond donors (Lipinski definition) is 2. The van der Waals surface area contributed by atoms with Gasteiger partial charge in [0, 0.05) is 22.8 Å². The summed E-state index contributed by atoms with van der Waals surface area (Å²) in [5, 5.41) is 3.19. The number of ether oxygens (including phenoxy) is 2. The molecule has 0 fully saturated rings. The van der Waals surface area contributed by atoms with Crippen LogP contribution in [0.5, 0.6) is 11.5 Å². The molecule has 142 valence electrons. The van der Waals surface area contributed by atoms with E-state index < -0.39 is 0 Å². The number of nitrogens with two attached hydrogens (primary N) is 1. The van der Waals surface area contributed by atoms with Gasteiger partial charge >= 0.3 is 0 Å². The molecular formula is C21H24N2O3S. The maximum Gasteiger partial charge on any atom is 0.221 e. The molecule has 1 aliphatic heterocycles. The zero-order valence-electron chi connectivity index (χ0n) is 15.2. The molecule has 0 aromatic heterocycles. The van der Waals surface area contributed by atoms with Crippen LogP contribution in [0.1, 0.15) is 36.4 Å². The first-order valence-electron chi connectivity index (χ1n) is 9.39. The molecule has 0 bridgehead atoms. The highest BCUT2D eigenvalue weighted by molar-refractivity contribution is 7.99. The Kier molecular flexibility index (Phi) is 5.43. The zero-order valence-corrected chi connectivity index (χ0v) is 16.0. The summed E-state index contributed by atoms with van der Waals surface area (Å²) in [6.45, 7) is 1.18. The Morgan fingerprint density at radius 2 is 2.00 bits per heavy atom. The fourth-order valence-electron chi connectivity index (χ4n) is 3.63. The highest BCUT2D eigenvalue weighted by Gasteiger charge is 2.21. The molecule has 0 saturated carbocycles. The lowest BCUT2D eigenvalue weighted by molar-refractivity contribution is -0.121. The van der Waals surface area contributed by atoms with Gasteiger partial charge in [0.25, 0.3) is 0 Å². The molecule has 4 rings (SSSR count). The van der Waals surface area contributed by atoms with E-state index in [0.717, 1.165) is 47.1 Å². The average molecular weight is 385 g/mol. The molecule has 1 unspecified atom stereocenters. The molecule has 1 atom stereocenters. The Hall–Kier alpha value is -2.34. The summed E-state index contributed by atoms with van der Waals surface area (Å²) in [4.78, 5) is 13.5. The van der Waals surface area contributed by atoms with Crippen LogP contribution in [-0.2, 0) is 11.2 Å². The quantitative estimate of drug-likeness (QED) is 0.607. The Morgan fingerprint density at radius 1 is 1.15 bits per heavy atom. The zero-order chi connectivity index (χ0) is 18.6. The summed E-state index contributed by atoms with van der Waals surface area (Å²) < 4.78 is 11.1. The van der Waals surface area contributed by atoms with E-state index in [1.54, 1.807) is 11.8 Å². The minimum atomic E-state index is 0.0923. The highest BCUT2D eigenvalue weighted by Crippen LogP contribution is 2.34. The van der Waals surface area contributed by atoms with Crippen LogP contribution < -0.4 is 20.5 Å². The number of benzene rings is 2. The van der Waals surface area contributed by atoms with Crippen LogP contribution in [0, 0.1) is 0 Å². The lowest BCUT2D eigenvalue weighted by atomic mass is 9.87. The van der Waals surface area contributed by atoms with Crippen LogP contribution in [0.4, 0.5) is 5.69 Å². The maximum absolute atomic E-state index is 12.4. The van der Waals surface area contributed by atoms with Crippen molar-refractivity contribution >= 4 is 23.4 Å². The SMILES string of the molecule is Nc1ccc2c(c1)CCCC2NC(=O)CCSc1ccc2c(c1)OCCO2. The smallest absolute Gasteiger partial charge is 0.221 e. The van der Waals surface area contributed by atoms with E-state index in [9.17, 15) is 4.79 Å². The topological polar surface area (TPSA) is 73.6 Å². The standard InChI is InChI=1S/C21H24N2O3S/c22-15-4-6-17-14(12-15)2-1-3-18(17)23-21(24)8-11-27-16-5-7-19-20(13-16)26-10-9-25-19/h4-7,12-13,18H,1-3,8-11,22H2,(H,23,24). The van der Waals surface area contributed by atoms with Crippen LogP contribution in [0.15, 0.2) is 41.3 Å². The monoisotopic (exact) mass is 384 g/mol. The van der Waals surface area contributed by atoms with Crippen molar-refractivity contribution in [2.24, 2.45) is 0 Å². The number of nitrogen functional groups attached to an aromatic ring is 1. The molecule has 2 aromatic rings. The van der Waals surface area contributed by atoms with Gasteiger partial charge in [0.15, 0.2) is 11.5 Å². The average Bonchev–Trinajstić information content (AvgIpc) is 2.68. The molecule has 6 heteroatoms. The normalized spacial score (nSPS) is 17.9. The van der Waals surface area contributed by atoms with Crippen molar-refractivity contribution in [1.82, 2.24) is 5.32 Å². The van der Waals surface area contributed by atoms with E-state index in [-0.39, 0.29) is 11.9 Å². The van der Waals surface area contributed by atoms with Crippen LogP contribution in [0.25, 0.3) is 0 Å². The molecule has 1 heterocycles. The van der Waals surface area contributed by atoms with Crippen molar-refractivity contribution in [3.05, 3.63) is 47.5 Å². The number of anilines is 1. The van der Waals surface area contributed by atoms with E-state index in [2.05, 4.69) is 11.4 Å². The minimum absolute atomic E-state index is 0.0923. The number of thioether (sulfide) groups is 1. The van der Waals surface area contributed by atoms with Crippen molar-refractivity contribution in [2.45, 2.75) is 36.6 Å². The molecule has 0 radical (unpaired) electrons. The molecule has 2 aliphatic rings. The summed E-state index contributed by atoms with van der Waals surface area (Å²) in [5.74, 6) is 2.40. The lowest BCUT2D eigenvalue weighted by Gasteiger charge is -2.26. The Morgan fingerprint density at radius 3 is 2.89 bits per heavy atom. The number of carbonyl (C=O) groups is 1. The fraction of sp³-hybridized carbons (Fsp3) is 0.381.